The maximum atomic E-state index is 11.7. The Kier molecular flexibility index (Phi) is 6.77. The Balaban J connectivity index is 2.02. The van der Waals surface area contributed by atoms with E-state index in [0.29, 0.717) is 22.6 Å². The molecule has 0 bridgehead atoms. The fourth-order valence-corrected chi connectivity index (χ4v) is 3.38. The highest BCUT2D eigenvalue weighted by Gasteiger charge is 2.36. The lowest BCUT2D eigenvalue weighted by Crippen LogP contribution is -2.34. The quantitative estimate of drug-likeness (QED) is 0.509. The molecule has 9 nitrogen and oxygen atoms in total. The first-order chi connectivity index (χ1) is 15.1. The summed E-state index contributed by atoms with van der Waals surface area (Å²) in [5.74, 6) is -1.12. The molecule has 0 saturated carbocycles. The monoisotopic (exact) mass is 442 g/mol. The minimum Gasteiger partial charge on any atom is -0.481 e. The van der Waals surface area contributed by atoms with Crippen LogP contribution in [0.1, 0.15) is 44.9 Å². The molecule has 2 atom stereocenters. The second-order valence-electron chi connectivity index (χ2n) is 7.14. The molecule has 0 unspecified atom stereocenters. The fourth-order valence-electron chi connectivity index (χ4n) is 3.38. The van der Waals surface area contributed by atoms with Crippen LogP contribution in [-0.4, -0.2) is 30.0 Å². The van der Waals surface area contributed by atoms with E-state index in [9.17, 15) is 19.2 Å². The summed E-state index contributed by atoms with van der Waals surface area (Å²) in [6, 6.07) is 9.48. The van der Waals surface area contributed by atoms with Crippen LogP contribution in [0, 0.1) is 0 Å². The van der Waals surface area contributed by atoms with E-state index in [0.717, 1.165) is 0 Å². The molecule has 3 rings (SSSR count). The number of hydrogen-bond donors (Lipinski definition) is 0. The van der Waals surface area contributed by atoms with Gasteiger partial charge in [-0.25, -0.2) is 0 Å². The minimum absolute atomic E-state index is 0.141. The first-order valence-corrected chi connectivity index (χ1v) is 9.78. The number of rotatable bonds is 5. The minimum atomic E-state index is -0.728. The van der Waals surface area contributed by atoms with Crippen LogP contribution in [0.4, 0.5) is 0 Å². The van der Waals surface area contributed by atoms with Gasteiger partial charge >= 0.3 is 23.9 Å². The Morgan fingerprint density at radius 3 is 1.94 bits per heavy atom. The standard InChI is InChI=1S/C23H22O9/c1-12(24)28-17-7-5-16(6-8-17)23-22(31-15(4)27)11-19-20(30-14(3)26)9-18(29-13(2)25)10-21(19)32-23/h5-10,22-23H,11H2,1-4H3/t22-,23+/m1/s1. The number of fused-ring (bicyclic) bond motifs is 1. The molecule has 0 fully saturated rings. The number of hydrogen-bond acceptors (Lipinski definition) is 9. The lowest BCUT2D eigenvalue weighted by atomic mass is 9.93. The maximum Gasteiger partial charge on any atom is 0.308 e. The van der Waals surface area contributed by atoms with E-state index in [4.69, 9.17) is 23.7 Å². The number of esters is 4. The molecule has 1 heterocycles. The first kappa shape index (κ1) is 22.8. The van der Waals surface area contributed by atoms with Crippen LogP contribution < -0.4 is 18.9 Å². The molecule has 2 aromatic carbocycles. The van der Waals surface area contributed by atoms with Gasteiger partial charge in [0.1, 0.15) is 29.1 Å². The molecular weight excluding hydrogens is 420 g/mol. The van der Waals surface area contributed by atoms with Crippen LogP contribution in [0.25, 0.3) is 0 Å². The SMILES string of the molecule is CC(=O)Oc1ccc([C@@H]2Oc3cc(OC(C)=O)cc(OC(C)=O)c3C[C@H]2OC(C)=O)cc1. The third-order valence-corrected chi connectivity index (χ3v) is 4.44. The third kappa shape index (κ3) is 5.63. The Morgan fingerprint density at radius 1 is 0.781 bits per heavy atom. The average molecular weight is 442 g/mol. The van der Waals surface area contributed by atoms with Gasteiger partial charge in [-0.2, -0.15) is 0 Å². The highest BCUT2D eigenvalue weighted by atomic mass is 16.6. The highest BCUT2D eigenvalue weighted by Crippen LogP contribution is 2.44. The van der Waals surface area contributed by atoms with Gasteiger partial charge in [-0.15, -0.1) is 0 Å². The summed E-state index contributed by atoms with van der Waals surface area (Å²) in [4.78, 5) is 45.9. The van der Waals surface area contributed by atoms with Crippen molar-refractivity contribution in [2.75, 3.05) is 0 Å². The molecule has 0 aromatic heterocycles. The van der Waals surface area contributed by atoms with Crippen LogP contribution in [-0.2, 0) is 30.3 Å². The van der Waals surface area contributed by atoms with Crippen molar-refractivity contribution < 1.29 is 42.9 Å². The van der Waals surface area contributed by atoms with Crippen LogP contribution >= 0.6 is 0 Å². The van der Waals surface area contributed by atoms with E-state index in [2.05, 4.69) is 0 Å². The third-order valence-electron chi connectivity index (χ3n) is 4.44. The molecule has 0 amide bonds. The van der Waals surface area contributed by atoms with E-state index in [1.807, 2.05) is 0 Å². The van der Waals surface area contributed by atoms with Crippen molar-refractivity contribution in [2.45, 2.75) is 46.3 Å². The first-order valence-electron chi connectivity index (χ1n) is 9.78. The van der Waals surface area contributed by atoms with E-state index < -0.39 is 36.1 Å². The molecule has 1 aliphatic rings. The van der Waals surface area contributed by atoms with Crippen molar-refractivity contribution in [1.29, 1.82) is 0 Å². The Bertz CT molecular complexity index is 1060. The van der Waals surface area contributed by atoms with Gasteiger partial charge in [0.05, 0.1) is 0 Å². The second kappa shape index (κ2) is 9.51. The maximum absolute atomic E-state index is 11.7. The van der Waals surface area contributed by atoms with E-state index in [-0.39, 0.29) is 17.9 Å². The molecule has 168 valence electrons. The van der Waals surface area contributed by atoms with Crippen LogP contribution in [0.15, 0.2) is 36.4 Å². The zero-order chi connectivity index (χ0) is 23.4. The second-order valence-corrected chi connectivity index (χ2v) is 7.14. The van der Waals surface area contributed by atoms with Gasteiger partial charge in [0.2, 0.25) is 0 Å². The highest BCUT2D eigenvalue weighted by molar-refractivity contribution is 5.73. The number of ether oxygens (including phenoxy) is 5. The average Bonchev–Trinajstić information content (AvgIpc) is 2.67. The molecule has 0 aliphatic carbocycles. The summed E-state index contributed by atoms with van der Waals surface area (Å²) in [5.41, 5.74) is 1.15. The molecule has 0 spiro atoms. The molecule has 2 aromatic rings. The molecule has 9 heteroatoms. The molecule has 0 N–H and O–H groups in total. The van der Waals surface area contributed by atoms with Gasteiger partial charge < -0.3 is 23.7 Å². The summed E-state index contributed by atoms with van der Waals surface area (Å²) >= 11 is 0. The predicted molar refractivity (Wildman–Crippen MR) is 109 cm³/mol. The van der Waals surface area contributed by atoms with Crippen LogP contribution in [0.3, 0.4) is 0 Å². The van der Waals surface area contributed by atoms with Crippen molar-refractivity contribution in [3.8, 4) is 23.0 Å². The predicted octanol–water partition coefficient (Wildman–Crippen LogP) is 3.07. The smallest absolute Gasteiger partial charge is 0.308 e. The van der Waals surface area contributed by atoms with Crippen molar-refractivity contribution in [3.05, 3.63) is 47.5 Å². The zero-order valence-electron chi connectivity index (χ0n) is 18.0. The summed E-state index contributed by atoms with van der Waals surface area (Å²) in [5, 5.41) is 0. The molecule has 0 saturated heterocycles. The Hall–Kier alpha value is -3.88. The summed E-state index contributed by atoms with van der Waals surface area (Å²) in [6.07, 6.45) is -1.25. The van der Waals surface area contributed by atoms with Gasteiger partial charge in [0, 0.05) is 51.8 Å². The van der Waals surface area contributed by atoms with E-state index >= 15 is 0 Å². The van der Waals surface area contributed by atoms with E-state index in [1.165, 1.54) is 39.8 Å². The van der Waals surface area contributed by atoms with Crippen LogP contribution in [0.5, 0.6) is 23.0 Å². The van der Waals surface area contributed by atoms with Gasteiger partial charge in [-0.3, -0.25) is 19.2 Å². The van der Waals surface area contributed by atoms with Crippen molar-refractivity contribution in [2.24, 2.45) is 0 Å². The number of carbonyl (C=O) groups is 4. The summed E-state index contributed by atoms with van der Waals surface area (Å²) in [6.45, 7) is 5.07. The molecule has 0 radical (unpaired) electrons. The summed E-state index contributed by atoms with van der Waals surface area (Å²) in [7, 11) is 0. The van der Waals surface area contributed by atoms with Gasteiger partial charge in [-0.05, 0) is 17.7 Å². The summed E-state index contributed by atoms with van der Waals surface area (Å²) < 4.78 is 27.1. The van der Waals surface area contributed by atoms with Gasteiger partial charge in [-0.1, -0.05) is 12.1 Å². The Morgan fingerprint density at radius 2 is 1.38 bits per heavy atom. The normalized spacial score (nSPS) is 16.8. The lowest BCUT2D eigenvalue weighted by molar-refractivity contribution is -0.152. The van der Waals surface area contributed by atoms with Crippen molar-refractivity contribution in [1.82, 2.24) is 0 Å². The van der Waals surface area contributed by atoms with Crippen molar-refractivity contribution >= 4 is 23.9 Å². The molecular formula is C23H22O9. The van der Waals surface area contributed by atoms with Crippen LogP contribution in [0.2, 0.25) is 0 Å². The largest absolute Gasteiger partial charge is 0.481 e. The van der Waals surface area contributed by atoms with E-state index in [1.54, 1.807) is 24.3 Å². The van der Waals surface area contributed by atoms with Gasteiger partial charge in [0.25, 0.3) is 0 Å². The lowest BCUT2D eigenvalue weighted by Gasteiger charge is -2.34. The zero-order valence-corrected chi connectivity index (χ0v) is 18.0. The number of benzene rings is 2. The van der Waals surface area contributed by atoms with Crippen molar-refractivity contribution in [3.63, 3.8) is 0 Å². The Labute approximate surface area is 184 Å². The van der Waals surface area contributed by atoms with Gasteiger partial charge in [0.15, 0.2) is 6.10 Å². The molecule has 1 aliphatic heterocycles. The molecule has 32 heavy (non-hydrogen) atoms. The topological polar surface area (TPSA) is 114 Å². The number of carbonyl (C=O) groups excluding carboxylic acids is 4. The fraction of sp³-hybridized carbons (Fsp3) is 0.304.